The molecule has 0 aliphatic carbocycles. The van der Waals surface area contributed by atoms with Crippen LogP contribution in [-0.2, 0) is 14.8 Å². The molecule has 4 aromatic carbocycles. The smallest absolute Gasteiger partial charge is 0.261 e. The van der Waals surface area contributed by atoms with Crippen LogP contribution in [-0.4, -0.2) is 27.5 Å². The molecule has 1 heterocycles. The zero-order chi connectivity index (χ0) is 26.5. The van der Waals surface area contributed by atoms with Crippen molar-refractivity contribution in [2.45, 2.75) is 22.0 Å². The van der Waals surface area contributed by atoms with Gasteiger partial charge >= 0.3 is 0 Å². The molecule has 1 unspecified atom stereocenters. The van der Waals surface area contributed by atoms with Crippen LogP contribution in [0.15, 0.2) is 107 Å². The average molecular weight is 547 g/mol. The fraction of sp³-hybridized carbons (Fsp3) is 0.138. The van der Waals surface area contributed by atoms with Crippen LogP contribution < -0.4 is 19.5 Å². The largest absolute Gasteiger partial charge is 0.486 e. The quantitative estimate of drug-likeness (QED) is 0.262. The predicted octanol–water partition coefficient (Wildman–Crippen LogP) is 6.04. The van der Waals surface area contributed by atoms with E-state index in [1.807, 2.05) is 37.3 Å². The van der Waals surface area contributed by atoms with Crippen LogP contribution in [0.4, 0.5) is 11.4 Å². The fourth-order valence-corrected chi connectivity index (χ4v) is 5.98. The molecule has 1 aliphatic rings. The van der Waals surface area contributed by atoms with Crippen molar-refractivity contribution in [1.29, 1.82) is 0 Å². The summed E-state index contributed by atoms with van der Waals surface area (Å²) in [7, 11) is -3.70. The third-order valence-electron chi connectivity index (χ3n) is 5.84. The van der Waals surface area contributed by atoms with Crippen LogP contribution >= 0.6 is 11.8 Å². The number of carbonyl (C=O) groups is 1. The van der Waals surface area contributed by atoms with Gasteiger partial charge in [0.2, 0.25) is 5.91 Å². The molecule has 0 saturated heterocycles. The number of benzene rings is 4. The molecule has 1 aliphatic heterocycles. The summed E-state index contributed by atoms with van der Waals surface area (Å²) in [6, 6.07) is 28.5. The zero-order valence-corrected chi connectivity index (χ0v) is 22.2. The van der Waals surface area contributed by atoms with E-state index in [9.17, 15) is 13.2 Å². The van der Waals surface area contributed by atoms with Crippen LogP contribution in [0.3, 0.4) is 0 Å². The van der Waals surface area contributed by atoms with Crippen molar-refractivity contribution in [3.05, 3.63) is 108 Å². The molecule has 5 rings (SSSR count). The van der Waals surface area contributed by atoms with Gasteiger partial charge in [0.25, 0.3) is 10.0 Å². The number of anilines is 2. The molecule has 0 fully saturated rings. The topological polar surface area (TPSA) is 93.7 Å². The summed E-state index contributed by atoms with van der Waals surface area (Å²) in [6.45, 7) is 2.86. The lowest BCUT2D eigenvalue weighted by Gasteiger charge is -2.20. The molecule has 0 radical (unpaired) electrons. The van der Waals surface area contributed by atoms with Gasteiger partial charge in [0.15, 0.2) is 11.5 Å². The van der Waals surface area contributed by atoms with E-state index < -0.39 is 15.3 Å². The van der Waals surface area contributed by atoms with E-state index in [0.29, 0.717) is 36.1 Å². The number of hydrogen-bond acceptors (Lipinski definition) is 6. The lowest BCUT2D eigenvalue weighted by molar-refractivity contribution is -0.115. The maximum atomic E-state index is 13.4. The molecule has 2 N–H and O–H groups in total. The van der Waals surface area contributed by atoms with Gasteiger partial charge in [0.1, 0.15) is 18.5 Å². The van der Waals surface area contributed by atoms with Gasteiger partial charge in [-0.05, 0) is 61.0 Å². The number of carbonyl (C=O) groups excluding carboxylic acids is 1. The number of thioether (sulfide) groups is 1. The minimum atomic E-state index is -3.70. The second kappa shape index (κ2) is 11.2. The summed E-state index contributed by atoms with van der Waals surface area (Å²) in [4.78, 5) is 14.4. The van der Waals surface area contributed by atoms with Gasteiger partial charge in [-0.25, -0.2) is 8.42 Å². The van der Waals surface area contributed by atoms with E-state index in [0.717, 1.165) is 16.0 Å². The Labute approximate surface area is 226 Å². The summed E-state index contributed by atoms with van der Waals surface area (Å²) in [5.74, 6) is 1.06. The molecule has 194 valence electrons. The van der Waals surface area contributed by atoms with Gasteiger partial charge < -0.3 is 14.8 Å². The Bertz CT molecular complexity index is 1520. The van der Waals surface area contributed by atoms with E-state index >= 15 is 0 Å². The second-order valence-electron chi connectivity index (χ2n) is 8.70. The summed E-state index contributed by atoms with van der Waals surface area (Å²) < 4.78 is 39.3. The number of sulfonamides is 1. The molecule has 1 atom stereocenters. The van der Waals surface area contributed by atoms with Gasteiger partial charge in [-0.3, -0.25) is 9.52 Å². The molecule has 0 spiro atoms. The first kappa shape index (κ1) is 25.7. The lowest BCUT2D eigenvalue weighted by atomic mass is 10.1. The highest BCUT2D eigenvalue weighted by molar-refractivity contribution is 8.00. The first-order chi connectivity index (χ1) is 18.4. The maximum Gasteiger partial charge on any atom is 0.261 e. The molecular weight excluding hydrogens is 520 g/mol. The van der Waals surface area contributed by atoms with Crippen LogP contribution in [0.2, 0.25) is 0 Å². The molecule has 0 saturated carbocycles. The van der Waals surface area contributed by atoms with Crippen molar-refractivity contribution in [2.24, 2.45) is 0 Å². The van der Waals surface area contributed by atoms with Crippen LogP contribution in [0.25, 0.3) is 0 Å². The Hall–Kier alpha value is -3.95. The molecule has 7 nitrogen and oxygen atoms in total. The van der Waals surface area contributed by atoms with Crippen molar-refractivity contribution in [1.82, 2.24) is 0 Å². The minimum absolute atomic E-state index is 0.193. The summed E-state index contributed by atoms with van der Waals surface area (Å²) in [5.41, 5.74) is 2.88. The Morgan fingerprint density at radius 1 is 0.816 bits per heavy atom. The van der Waals surface area contributed by atoms with E-state index in [1.54, 1.807) is 66.7 Å². The number of rotatable bonds is 8. The van der Waals surface area contributed by atoms with Crippen LogP contribution in [0.5, 0.6) is 11.5 Å². The maximum absolute atomic E-state index is 13.4. The average Bonchev–Trinajstić information content (AvgIpc) is 2.93. The number of aryl methyl sites for hydroxylation is 1. The molecule has 4 aromatic rings. The van der Waals surface area contributed by atoms with E-state index in [2.05, 4.69) is 10.0 Å². The highest BCUT2D eigenvalue weighted by Crippen LogP contribution is 2.38. The first-order valence-electron chi connectivity index (χ1n) is 12.0. The fourth-order valence-electron chi connectivity index (χ4n) is 3.90. The third kappa shape index (κ3) is 6.12. The molecule has 0 aromatic heterocycles. The summed E-state index contributed by atoms with van der Waals surface area (Å²) >= 11 is 1.38. The monoisotopic (exact) mass is 546 g/mol. The molecule has 9 heteroatoms. The van der Waals surface area contributed by atoms with Crippen molar-refractivity contribution in [3.63, 3.8) is 0 Å². The second-order valence-corrected chi connectivity index (χ2v) is 11.6. The normalized spacial score (nSPS) is 13.4. The molecule has 38 heavy (non-hydrogen) atoms. The SMILES string of the molecule is Cc1ccc(S(=O)(=O)Nc2ccc(SC(C(=O)Nc3ccc4c(c3)OCCO4)c3ccccc3)cc2)cc1. The van der Waals surface area contributed by atoms with Crippen LogP contribution in [0, 0.1) is 6.92 Å². The van der Waals surface area contributed by atoms with Gasteiger partial charge in [0.05, 0.1) is 4.90 Å². The number of amides is 1. The van der Waals surface area contributed by atoms with E-state index in [4.69, 9.17) is 9.47 Å². The Morgan fingerprint density at radius 3 is 2.18 bits per heavy atom. The van der Waals surface area contributed by atoms with Gasteiger partial charge in [-0.1, -0.05) is 48.0 Å². The number of ether oxygens (including phenoxy) is 2. The zero-order valence-electron chi connectivity index (χ0n) is 20.6. The van der Waals surface area contributed by atoms with E-state index in [1.165, 1.54) is 11.8 Å². The third-order valence-corrected chi connectivity index (χ3v) is 8.51. The number of nitrogens with one attached hydrogen (secondary N) is 2. The van der Waals surface area contributed by atoms with Crippen LogP contribution in [0.1, 0.15) is 16.4 Å². The number of fused-ring (bicyclic) bond motifs is 1. The molecule has 1 amide bonds. The predicted molar refractivity (Wildman–Crippen MR) is 150 cm³/mol. The first-order valence-corrected chi connectivity index (χ1v) is 14.4. The van der Waals surface area contributed by atoms with Gasteiger partial charge in [-0.15, -0.1) is 11.8 Å². The van der Waals surface area contributed by atoms with Crippen molar-refractivity contribution in [3.8, 4) is 11.5 Å². The minimum Gasteiger partial charge on any atom is -0.486 e. The highest BCUT2D eigenvalue weighted by atomic mass is 32.2. The Kier molecular flexibility index (Phi) is 7.57. The number of hydrogen-bond donors (Lipinski definition) is 2. The van der Waals surface area contributed by atoms with Crippen molar-refractivity contribution < 1.29 is 22.7 Å². The Balaban J connectivity index is 1.32. The molecular formula is C29H26N2O5S2. The summed E-state index contributed by atoms with van der Waals surface area (Å²) in [6.07, 6.45) is 0. The highest BCUT2D eigenvalue weighted by Gasteiger charge is 2.23. The van der Waals surface area contributed by atoms with Gasteiger partial charge in [-0.2, -0.15) is 0 Å². The van der Waals surface area contributed by atoms with Gasteiger partial charge in [0, 0.05) is 22.3 Å². The summed E-state index contributed by atoms with van der Waals surface area (Å²) in [5, 5.41) is 2.45. The standard InChI is InChI=1S/C29H26N2O5S2/c1-20-7-14-25(15-8-20)38(33,34)31-22-9-12-24(13-10-22)37-28(21-5-3-2-4-6-21)29(32)30-23-11-16-26-27(19-23)36-18-17-35-26/h2-16,19,28,31H,17-18H2,1H3,(H,30,32). The lowest BCUT2D eigenvalue weighted by Crippen LogP contribution is -2.20. The van der Waals surface area contributed by atoms with Crippen molar-refractivity contribution >= 4 is 39.1 Å². The van der Waals surface area contributed by atoms with E-state index in [-0.39, 0.29) is 10.8 Å². The van der Waals surface area contributed by atoms with Crippen molar-refractivity contribution in [2.75, 3.05) is 23.3 Å². The molecule has 0 bridgehead atoms. The Morgan fingerprint density at radius 2 is 1.47 bits per heavy atom.